The predicted molar refractivity (Wildman–Crippen MR) is 66.5 cm³/mol. The molecule has 0 fully saturated rings. The molecule has 0 aliphatic heterocycles. The van der Waals surface area contributed by atoms with Crippen molar-refractivity contribution in [2.24, 2.45) is 0 Å². The van der Waals surface area contributed by atoms with E-state index in [0.717, 1.165) is 21.8 Å². The molecule has 0 saturated carbocycles. The van der Waals surface area contributed by atoms with Gasteiger partial charge in [0.15, 0.2) is 0 Å². The minimum Gasteiger partial charge on any atom is -0.340 e. The van der Waals surface area contributed by atoms with Gasteiger partial charge in [-0.15, -0.1) is 0 Å². The zero-order chi connectivity index (χ0) is 13.4. The Hall–Kier alpha value is -2.70. The summed E-state index contributed by atoms with van der Waals surface area (Å²) in [7, 11) is 0. The third-order valence-electron chi connectivity index (χ3n) is 2.73. The van der Waals surface area contributed by atoms with Gasteiger partial charge in [0.2, 0.25) is 5.82 Å². The Morgan fingerprint density at radius 2 is 2.00 bits per heavy atom. The van der Waals surface area contributed by atoms with E-state index < -0.39 is 17.1 Å². The summed E-state index contributed by atoms with van der Waals surface area (Å²) in [5.74, 6) is -0.495. The third-order valence-corrected chi connectivity index (χ3v) is 2.73. The van der Waals surface area contributed by atoms with Crippen molar-refractivity contribution in [3.63, 3.8) is 0 Å². The number of para-hydroxylation sites is 2. The summed E-state index contributed by atoms with van der Waals surface area (Å²) in [6.45, 7) is 0.0568. The van der Waals surface area contributed by atoms with Crippen molar-refractivity contribution in [1.29, 1.82) is 0 Å². The molecule has 6 nitrogen and oxygen atoms in total. The summed E-state index contributed by atoms with van der Waals surface area (Å²) in [5.41, 5.74) is -0.108. The summed E-state index contributed by atoms with van der Waals surface area (Å²) in [5, 5.41) is 0. The lowest BCUT2D eigenvalue weighted by Crippen LogP contribution is -2.31. The molecule has 2 N–H and O–H groups in total. The van der Waals surface area contributed by atoms with Crippen LogP contribution in [0.15, 0.2) is 40.1 Å². The van der Waals surface area contributed by atoms with E-state index in [1.54, 1.807) is 0 Å². The van der Waals surface area contributed by atoms with E-state index in [2.05, 4.69) is 9.97 Å². The van der Waals surface area contributed by atoms with Crippen LogP contribution in [-0.2, 0) is 6.54 Å². The molecule has 96 valence electrons. The number of aromatic amines is 2. The van der Waals surface area contributed by atoms with Crippen LogP contribution in [0.3, 0.4) is 0 Å². The Morgan fingerprint density at radius 1 is 1.21 bits per heavy atom. The smallest absolute Gasteiger partial charge is 0.328 e. The van der Waals surface area contributed by atoms with Gasteiger partial charge in [0.05, 0.1) is 23.8 Å². The highest BCUT2D eigenvalue weighted by molar-refractivity contribution is 5.74. The van der Waals surface area contributed by atoms with Crippen molar-refractivity contribution >= 4 is 11.0 Å². The summed E-state index contributed by atoms with van der Waals surface area (Å²) < 4.78 is 14.2. The minimum absolute atomic E-state index is 0.0568. The van der Waals surface area contributed by atoms with Crippen LogP contribution in [0.25, 0.3) is 11.0 Å². The molecule has 0 saturated heterocycles. The second kappa shape index (κ2) is 4.20. The van der Waals surface area contributed by atoms with E-state index >= 15 is 0 Å². The maximum atomic E-state index is 13.1. The van der Waals surface area contributed by atoms with Gasteiger partial charge < -0.3 is 4.98 Å². The molecule has 0 unspecified atom stereocenters. The number of hydrogen-bond donors (Lipinski definition) is 2. The molecular weight excluding hydrogens is 251 g/mol. The van der Waals surface area contributed by atoms with Crippen LogP contribution in [0.4, 0.5) is 4.39 Å². The number of benzene rings is 1. The molecule has 1 aromatic carbocycles. The second-order valence-electron chi connectivity index (χ2n) is 4.06. The van der Waals surface area contributed by atoms with Gasteiger partial charge in [-0.05, 0) is 12.1 Å². The van der Waals surface area contributed by atoms with Gasteiger partial charge in [0.1, 0.15) is 5.82 Å². The Morgan fingerprint density at radius 3 is 2.79 bits per heavy atom. The number of fused-ring (bicyclic) bond motifs is 1. The number of nitrogens with one attached hydrogen (secondary N) is 2. The first-order valence-corrected chi connectivity index (χ1v) is 5.56. The molecule has 3 aromatic rings. The highest BCUT2D eigenvalue weighted by atomic mass is 19.1. The third kappa shape index (κ3) is 2.05. The average Bonchev–Trinajstić information content (AvgIpc) is 2.78. The van der Waals surface area contributed by atoms with Gasteiger partial charge in [0, 0.05) is 0 Å². The number of imidazole rings is 1. The molecule has 2 heterocycles. The molecule has 0 aliphatic rings. The molecule has 19 heavy (non-hydrogen) atoms. The van der Waals surface area contributed by atoms with Crippen LogP contribution >= 0.6 is 0 Å². The Balaban J connectivity index is 2.03. The van der Waals surface area contributed by atoms with Crippen molar-refractivity contribution in [3.05, 3.63) is 62.9 Å². The Kier molecular flexibility index (Phi) is 2.52. The standard InChI is InChI=1S/C12H9FN4O2/c13-7-5-17(12(19)16-11(7)18)6-10-14-8-3-1-2-4-9(8)15-10/h1-5H,6H2,(H,14,15)(H,16,18,19). The van der Waals surface area contributed by atoms with Crippen LogP contribution in [0.5, 0.6) is 0 Å². The van der Waals surface area contributed by atoms with E-state index in [1.807, 2.05) is 29.2 Å². The summed E-state index contributed by atoms with van der Waals surface area (Å²) in [6, 6.07) is 7.38. The van der Waals surface area contributed by atoms with Crippen molar-refractivity contribution in [1.82, 2.24) is 19.5 Å². The van der Waals surface area contributed by atoms with Crippen molar-refractivity contribution in [2.45, 2.75) is 6.54 Å². The molecule has 0 amide bonds. The highest BCUT2D eigenvalue weighted by Gasteiger charge is 2.07. The fourth-order valence-corrected chi connectivity index (χ4v) is 1.84. The summed E-state index contributed by atoms with van der Waals surface area (Å²) >= 11 is 0. The van der Waals surface area contributed by atoms with Crippen LogP contribution in [0.2, 0.25) is 0 Å². The fourth-order valence-electron chi connectivity index (χ4n) is 1.84. The van der Waals surface area contributed by atoms with E-state index in [1.165, 1.54) is 0 Å². The van der Waals surface area contributed by atoms with E-state index in [9.17, 15) is 14.0 Å². The second-order valence-corrected chi connectivity index (χ2v) is 4.06. The van der Waals surface area contributed by atoms with Crippen LogP contribution in [-0.4, -0.2) is 19.5 Å². The van der Waals surface area contributed by atoms with Crippen LogP contribution in [0, 0.1) is 5.82 Å². The van der Waals surface area contributed by atoms with Gasteiger partial charge >= 0.3 is 5.69 Å². The zero-order valence-corrected chi connectivity index (χ0v) is 9.68. The van der Waals surface area contributed by atoms with Gasteiger partial charge in [-0.1, -0.05) is 12.1 Å². The number of aromatic nitrogens is 4. The van der Waals surface area contributed by atoms with Gasteiger partial charge in [-0.2, -0.15) is 4.39 Å². The molecule has 0 radical (unpaired) electrons. The number of nitrogens with zero attached hydrogens (tertiary/aromatic N) is 2. The lowest BCUT2D eigenvalue weighted by Gasteiger charge is -2.01. The topological polar surface area (TPSA) is 83.5 Å². The van der Waals surface area contributed by atoms with E-state index in [0.29, 0.717) is 5.82 Å². The molecular formula is C12H9FN4O2. The van der Waals surface area contributed by atoms with Crippen molar-refractivity contribution in [2.75, 3.05) is 0 Å². The van der Waals surface area contributed by atoms with E-state index in [4.69, 9.17) is 0 Å². The number of H-pyrrole nitrogens is 2. The van der Waals surface area contributed by atoms with Gasteiger partial charge in [0.25, 0.3) is 5.56 Å². The maximum absolute atomic E-state index is 13.1. The van der Waals surface area contributed by atoms with Gasteiger partial charge in [-0.3, -0.25) is 14.3 Å². The first-order chi connectivity index (χ1) is 9.13. The number of rotatable bonds is 2. The summed E-state index contributed by atoms with van der Waals surface area (Å²) in [4.78, 5) is 31.6. The first kappa shape index (κ1) is 11.4. The SMILES string of the molecule is O=c1[nH]c(=O)n(Cc2nc3ccccc3[nH]2)cc1F. The van der Waals surface area contributed by atoms with Crippen molar-refractivity contribution < 1.29 is 4.39 Å². The average molecular weight is 260 g/mol. The first-order valence-electron chi connectivity index (χ1n) is 5.56. The Bertz CT molecular complexity index is 829. The normalized spacial score (nSPS) is 11.0. The molecule has 0 bridgehead atoms. The largest absolute Gasteiger partial charge is 0.340 e. The van der Waals surface area contributed by atoms with Gasteiger partial charge in [-0.25, -0.2) is 9.78 Å². The molecule has 2 aromatic heterocycles. The molecule has 0 aliphatic carbocycles. The monoisotopic (exact) mass is 260 g/mol. The highest BCUT2D eigenvalue weighted by Crippen LogP contribution is 2.10. The Labute approximate surface area is 105 Å². The number of halogens is 1. The predicted octanol–water partition coefficient (Wildman–Crippen LogP) is 0.600. The quantitative estimate of drug-likeness (QED) is 0.707. The van der Waals surface area contributed by atoms with E-state index in [-0.39, 0.29) is 6.54 Å². The minimum atomic E-state index is -1.02. The van der Waals surface area contributed by atoms with Crippen molar-refractivity contribution in [3.8, 4) is 0 Å². The number of hydrogen-bond acceptors (Lipinski definition) is 3. The lowest BCUT2D eigenvalue weighted by molar-refractivity contribution is 0.562. The maximum Gasteiger partial charge on any atom is 0.328 e. The molecule has 3 rings (SSSR count). The lowest BCUT2D eigenvalue weighted by atomic mass is 10.3. The zero-order valence-electron chi connectivity index (χ0n) is 9.68. The molecule has 0 spiro atoms. The van der Waals surface area contributed by atoms with Crippen LogP contribution in [0.1, 0.15) is 5.82 Å². The molecule has 0 atom stereocenters. The van der Waals surface area contributed by atoms with Crippen LogP contribution < -0.4 is 11.2 Å². The fraction of sp³-hybridized carbons (Fsp3) is 0.0833. The summed E-state index contributed by atoms with van der Waals surface area (Å²) in [6.07, 6.45) is 0.869. The molecule has 7 heteroatoms.